The molecule has 0 fully saturated rings. The summed E-state index contributed by atoms with van der Waals surface area (Å²) in [6.07, 6.45) is 7.37. The minimum absolute atomic E-state index is 0.0155. The van der Waals surface area contributed by atoms with E-state index < -0.39 is 0 Å². The second kappa shape index (κ2) is 10.6. The molecule has 0 amide bonds. The van der Waals surface area contributed by atoms with Gasteiger partial charge in [0.1, 0.15) is 0 Å². The Morgan fingerprint density at radius 1 is 0.882 bits per heavy atom. The summed E-state index contributed by atoms with van der Waals surface area (Å²) in [7, 11) is 0. The second-order valence-corrected chi connectivity index (χ2v) is 5.75. The molecule has 102 valence electrons. The molecule has 0 saturated heterocycles. The van der Waals surface area contributed by atoms with Crippen molar-refractivity contribution in [2.75, 3.05) is 6.61 Å². The highest BCUT2D eigenvalue weighted by Crippen LogP contribution is 2.10. The van der Waals surface area contributed by atoms with E-state index in [-0.39, 0.29) is 5.97 Å². The van der Waals surface area contributed by atoms with E-state index in [0.29, 0.717) is 18.9 Å². The molecule has 0 aromatic rings. The first-order valence-corrected chi connectivity index (χ1v) is 7.18. The van der Waals surface area contributed by atoms with Gasteiger partial charge >= 0.3 is 5.97 Å². The minimum Gasteiger partial charge on any atom is -0.466 e. The lowest BCUT2D eigenvalue weighted by Gasteiger charge is -2.07. The zero-order chi connectivity index (χ0) is 13.1. The van der Waals surface area contributed by atoms with Crippen molar-refractivity contribution in [3.63, 3.8) is 0 Å². The molecule has 0 bridgehead atoms. The molecular weight excluding hydrogens is 212 g/mol. The van der Waals surface area contributed by atoms with E-state index >= 15 is 0 Å². The molecule has 0 unspecified atom stereocenters. The van der Waals surface area contributed by atoms with E-state index in [4.69, 9.17) is 4.74 Å². The molecule has 0 spiro atoms. The Hall–Kier alpha value is -0.530. The largest absolute Gasteiger partial charge is 0.466 e. The molecule has 2 nitrogen and oxygen atoms in total. The number of carbonyl (C=O) groups is 1. The van der Waals surface area contributed by atoms with Gasteiger partial charge in [-0.1, -0.05) is 47.0 Å². The highest BCUT2D eigenvalue weighted by molar-refractivity contribution is 5.69. The van der Waals surface area contributed by atoms with Crippen LogP contribution in [-0.4, -0.2) is 12.6 Å². The fourth-order valence-corrected chi connectivity index (χ4v) is 1.75. The summed E-state index contributed by atoms with van der Waals surface area (Å²) >= 11 is 0. The van der Waals surface area contributed by atoms with Crippen molar-refractivity contribution in [2.45, 2.75) is 72.6 Å². The van der Waals surface area contributed by atoms with Crippen LogP contribution in [0.3, 0.4) is 0 Å². The van der Waals surface area contributed by atoms with Gasteiger partial charge in [-0.25, -0.2) is 0 Å². The average molecular weight is 242 g/mol. The highest BCUT2D eigenvalue weighted by Gasteiger charge is 2.03. The molecule has 0 radical (unpaired) electrons. The molecule has 0 aliphatic carbocycles. The van der Waals surface area contributed by atoms with Crippen molar-refractivity contribution >= 4 is 5.97 Å². The number of esters is 1. The van der Waals surface area contributed by atoms with Gasteiger partial charge in [-0.3, -0.25) is 4.79 Å². The van der Waals surface area contributed by atoms with Crippen molar-refractivity contribution in [2.24, 2.45) is 11.8 Å². The Bertz CT molecular complexity index is 185. The lowest BCUT2D eigenvalue weighted by atomic mass is 10.0. The zero-order valence-corrected chi connectivity index (χ0v) is 12.1. The first-order chi connectivity index (χ1) is 8.02. The minimum atomic E-state index is -0.0155. The maximum Gasteiger partial charge on any atom is 0.305 e. The predicted octanol–water partition coefficient (Wildman–Crippen LogP) is 4.57. The molecule has 0 aromatic heterocycles. The van der Waals surface area contributed by atoms with E-state index in [9.17, 15) is 4.79 Å². The Morgan fingerprint density at radius 2 is 1.47 bits per heavy atom. The van der Waals surface area contributed by atoms with Crippen LogP contribution in [0.4, 0.5) is 0 Å². The molecule has 0 aliphatic rings. The van der Waals surface area contributed by atoms with Crippen molar-refractivity contribution in [3.8, 4) is 0 Å². The quantitative estimate of drug-likeness (QED) is 0.414. The van der Waals surface area contributed by atoms with Crippen LogP contribution in [0.1, 0.15) is 72.6 Å². The summed E-state index contributed by atoms with van der Waals surface area (Å²) in [5.41, 5.74) is 0. The van der Waals surface area contributed by atoms with Gasteiger partial charge in [0.25, 0.3) is 0 Å². The van der Waals surface area contributed by atoms with E-state index in [0.717, 1.165) is 31.6 Å². The van der Waals surface area contributed by atoms with Crippen molar-refractivity contribution in [1.29, 1.82) is 0 Å². The van der Waals surface area contributed by atoms with E-state index in [1.54, 1.807) is 0 Å². The third-order valence-corrected chi connectivity index (χ3v) is 2.85. The molecule has 0 saturated carbocycles. The van der Waals surface area contributed by atoms with Crippen LogP contribution in [0.25, 0.3) is 0 Å². The van der Waals surface area contributed by atoms with Crippen LogP contribution < -0.4 is 0 Å². The Morgan fingerprint density at radius 3 is 2.06 bits per heavy atom. The van der Waals surface area contributed by atoms with Crippen LogP contribution in [0, 0.1) is 11.8 Å². The fourth-order valence-electron chi connectivity index (χ4n) is 1.75. The molecule has 0 atom stereocenters. The number of hydrogen-bond acceptors (Lipinski definition) is 2. The summed E-state index contributed by atoms with van der Waals surface area (Å²) in [5.74, 6) is 1.46. The first kappa shape index (κ1) is 16.5. The van der Waals surface area contributed by atoms with Crippen LogP contribution >= 0.6 is 0 Å². The SMILES string of the molecule is CC(C)CCCCCC(=O)OCCCC(C)C. The standard InChI is InChI=1S/C15H30O2/c1-13(2)9-6-5-7-11-15(16)17-12-8-10-14(3)4/h13-14H,5-12H2,1-4H3. The van der Waals surface area contributed by atoms with Gasteiger partial charge in [-0.05, 0) is 31.1 Å². The second-order valence-electron chi connectivity index (χ2n) is 5.75. The Kier molecular flexibility index (Phi) is 10.3. The molecule has 0 heterocycles. The van der Waals surface area contributed by atoms with Crippen LogP contribution in [-0.2, 0) is 9.53 Å². The van der Waals surface area contributed by atoms with Crippen molar-refractivity contribution in [1.82, 2.24) is 0 Å². The van der Waals surface area contributed by atoms with Gasteiger partial charge < -0.3 is 4.74 Å². The van der Waals surface area contributed by atoms with Crippen LogP contribution in [0.2, 0.25) is 0 Å². The number of carbonyl (C=O) groups excluding carboxylic acids is 1. The lowest BCUT2D eigenvalue weighted by molar-refractivity contribution is -0.143. The zero-order valence-electron chi connectivity index (χ0n) is 12.1. The Balaban J connectivity index is 3.23. The predicted molar refractivity (Wildman–Crippen MR) is 73.0 cm³/mol. The summed E-state index contributed by atoms with van der Waals surface area (Å²) in [6, 6.07) is 0. The summed E-state index contributed by atoms with van der Waals surface area (Å²) in [4.78, 5) is 11.4. The van der Waals surface area contributed by atoms with Gasteiger partial charge in [0, 0.05) is 6.42 Å². The van der Waals surface area contributed by atoms with Gasteiger partial charge in [0.05, 0.1) is 6.61 Å². The summed E-state index contributed by atoms with van der Waals surface area (Å²) in [6.45, 7) is 9.46. The monoisotopic (exact) mass is 242 g/mol. The smallest absolute Gasteiger partial charge is 0.305 e. The van der Waals surface area contributed by atoms with Gasteiger partial charge in [0.2, 0.25) is 0 Å². The molecular formula is C15H30O2. The summed E-state index contributed by atoms with van der Waals surface area (Å²) < 4.78 is 5.18. The van der Waals surface area contributed by atoms with E-state index in [2.05, 4.69) is 27.7 Å². The highest BCUT2D eigenvalue weighted by atomic mass is 16.5. The van der Waals surface area contributed by atoms with Crippen molar-refractivity contribution in [3.05, 3.63) is 0 Å². The normalized spacial score (nSPS) is 11.2. The summed E-state index contributed by atoms with van der Waals surface area (Å²) in [5, 5.41) is 0. The van der Waals surface area contributed by atoms with Gasteiger partial charge in [-0.2, -0.15) is 0 Å². The van der Waals surface area contributed by atoms with Gasteiger partial charge in [0.15, 0.2) is 0 Å². The Labute approximate surface area is 107 Å². The molecule has 17 heavy (non-hydrogen) atoms. The number of ether oxygens (including phenoxy) is 1. The molecule has 0 aromatic carbocycles. The number of unbranched alkanes of at least 4 members (excludes halogenated alkanes) is 2. The van der Waals surface area contributed by atoms with Crippen molar-refractivity contribution < 1.29 is 9.53 Å². The topological polar surface area (TPSA) is 26.3 Å². The first-order valence-electron chi connectivity index (χ1n) is 7.18. The molecule has 2 heteroatoms. The third-order valence-electron chi connectivity index (χ3n) is 2.85. The average Bonchev–Trinajstić information content (AvgIpc) is 2.23. The molecule has 0 rings (SSSR count). The van der Waals surface area contributed by atoms with Crippen LogP contribution in [0.15, 0.2) is 0 Å². The lowest BCUT2D eigenvalue weighted by Crippen LogP contribution is -2.06. The molecule has 0 N–H and O–H groups in total. The fraction of sp³-hybridized carbons (Fsp3) is 0.933. The molecule has 0 aliphatic heterocycles. The third kappa shape index (κ3) is 13.4. The van der Waals surface area contributed by atoms with Gasteiger partial charge in [-0.15, -0.1) is 0 Å². The van der Waals surface area contributed by atoms with E-state index in [1.807, 2.05) is 0 Å². The van der Waals surface area contributed by atoms with E-state index in [1.165, 1.54) is 12.8 Å². The number of rotatable bonds is 10. The number of hydrogen-bond donors (Lipinski definition) is 0. The van der Waals surface area contributed by atoms with Crippen LogP contribution in [0.5, 0.6) is 0 Å². The maximum atomic E-state index is 11.4. The maximum absolute atomic E-state index is 11.4.